The molecule has 7 heteroatoms. The van der Waals surface area contributed by atoms with Crippen LogP contribution in [-0.4, -0.2) is 44.1 Å². The Labute approximate surface area is 130 Å². The van der Waals surface area contributed by atoms with Gasteiger partial charge in [-0.15, -0.1) is 11.3 Å². The van der Waals surface area contributed by atoms with Crippen molar-refractivity contribution in [3.05, 3.63) is 16.3 Å². The SMILES string of the molecule is CC1CN(S(=O)(=O)c2csc(CNC3CC3)c2)C(C)CO1. The number of hydrogen-bond acceptors (Lipinski definition) is 5. The Kier molecular flexibility index (Phi) is 4.38. The van der Waals surface area contributed by atoms with E-state index in [2.05, 4.69) is 5.32 Å². The molecule has 118 valence electrons. The zero-order valence-corrected chi connectivity index (χ0v) is 14.0. The van der Waals surface area contributed by atoms with Crippen molar-refractivity contribution in [1.82, 2.24) is 9.62 Å². The average molecular weight is 330 g/mol. The summed E-state index contributed by atoms with van der Waals surface area (Å²) in [6.07, 6.45) is 2.42. The summed E-state index contributed by atoms with van der Waals surface area (Å²) in [6, 6.07) is 2.33. The summed E-state index contributed by atoms with van der Waals surface area (Å²) in [5.74, 6) is 0. The molecular formula is C14H22N2O3S2. The molecule has 2 atom stereocenters. The third kappa shape index (κ3) is 3.48. The van der Waals surface area contributed by atoms with Gasteiger partial charge in [0, 0.05) is 35.4 Å². The lowest BCUT2D eigenvalue weighted by atomic mass is 10.2. The Morgan fingerprint density at radius 1 is 1.43 bits per heavy atom. The number of sulfonamides is 1. The van der Waals surface area contributed by atoms with E-state index in [-0.39, 0.29) is 12.1 Å². The number of nitrogens with one attached hydrogen (secondary N) is 1. The fourth-order valence-electron chi connectivity index (χ4n) is 2.46. The molecule has 1 saturated heterocycles. The van der Waals surface area contributed by atoms with Crippen LogP contribution in [-0.2, 0) is 21.3 Å². The normalized spacial score (nSPS) is 27.9. The van der Waals surface area contributed by atoms with Crippen molar-refractivity contribution < 1.29 is 13.2 Å². The summed E-state index contributed by atoms with van der Waals surface area (Å²) >= 11 is 1.51. The molecule has 0 amide bonds. The lowest BCUT2D eigenvalue weighted by Crippen LogP contribution is -2.49. The maximum Gasteiger partial charge on any atom is 0.244 e. The van der Waals surface area contributed by atoms with Crippen LogP contribution in [0.15, 0.2) is 16.3 Å². The van der Waals surface area contributed by atoms with Crippen LogP contribution >= 0.6 is 11.3 Å². The highest BCUT2D eigenvalue weighted by Crippen LogP contribution is 2.27. The van der Waals surface area contributed by atoms with Crippen LogP contribution in [0.1, 0.15) is 31.6 Å². The summed E-state index contributed by atoms with van der Waals surface area (Å²) < 4.78 is 32.6. The van der Waals surface area contributed by atoms with Gasteiger partial charge in [-0.25, -0.2) is 8.42 Å². The first kappa shape index (κ1) is 15.4. The van der Waals surface area contributed by atoms with Gasteiger partial charge in [0.1, 0.15) is 0 Å². The summed E-state index contributed by atoms with van der Waals surface area (Å²) in [7, 11) is -3.41. The van der Waals surface area contributed by atoms with Gasteiger partial charge < -0.3 is 10.1 Å². The van der Waals surface area contributed by atoms with Crippen LogP contribution in [0.3, 0.4) is 0 Å². The minimum Gasteiger partial charge on any atom is -0.375 e. The van der Waals surface area contributed by atoms with E-state index in [0.29, 0.717) is 24.1 Å². The zero-order valence-electron chi connectivity index (χ0n) is 12.4. The quantitative estimate of drug-likeness (QED) is 0.894. The van der Waals surface area contributed by atoms with Crippen LogP contribution in [0.25, 0.3) is 0 Å². The monoisotopic (exact) mass is 330 g/mol. The van der Waals surface area contributed by atoms with E-state index >= 15 is 0 Å². The first-order chi connectivity index (χ1) is 9.96. The summed E-state index contributed by atoms with van der Waals surface area (Å²) in [6.45, 7) is 5.45. The van der Waals surface area contributed by atoms with Gasteiger partial charge in [0.05, 0.1) is 17.6 Å². The molecule has 2 heterocycles. The molecule has 1 aliphatic carbocycles. The van der Waals surface area contributed by atoms with E-state index in [0.717, 1.165) is 11.4 Å². The van der Waals surface area contributed by atoms with E-state index < -0.39 is 10.0 Å². The Morgan fingerprint density at radius 2 is 2.19 bits per heavy atom. The van der Waals surface area contributed by atoms with Gasteiger partial charge in [-0.2, -0.15) is 4.31 Å². The largest absolute Gasteiger partial charge is 0.375 e. The van der Waals surface area contributed by atoms with Crippen LogP contribution in [0.4, 0.5) is 0 Å². The molecule has 0 bridgehead atoms. The van der Waals surface area contributed by atoms with Gasteiger partial charge in [-0.3, -0.25) is 0 Å². The van der Waals surface area contributed by atoms with Crippen molar-refractivity contribution in [2.45, 2.75) is 56.3 Å². The second-order valence-electron chi connectivity index (χ2n) is 5.97. The minimum absolute atomic E-state index is 0.0504. The van der Waals surface area contributed by atoms with E-state index in [4.69, 9.17) is 4.74 Å². The lowest BCUT2D eigenvalue weighted by molar-refractivity contribution is -0.0170. The molecule has 2 aliphatic rings. The molecule has 2 unspecified atom stereocenters. The van der Waals surface area contributed by atoms with Crippen LogP contribution in [0.2, 0.25) is 0 Å². The average Bonchev–Trinajstić information content (AvgIpc) is 3.15. The second-order valence-corrected chi connectivity index (χ2v) is 8.86. The third-order valence-electron chi connectivity index (χ3n) is 3.93. The summed E-state index contributed by atoms with van der Waals surface area (Å²) in [5.41, 5.74) is 0. The van der Waals surface area contributed by atoms with Gasteiger partial charge >= 0.3 is 0 Å². The molecule has 1 N–H and O–H groups in total. The molecule has 0 radical (unpaired) electrons. The van der Waals surface area contributed by atoms with Gasteiger partial charge in [0.25, 0.3) is 0 Å². The fraction of sp³-hybridized carbons (Fsp3) is 0.714. The molecule has 3 rings (SSSR count). The number of rotatable bonds is 5. The van der Waals surface area contributed by atoms with Crippen LogP contribution in [0, 0.1) is 0 Å². The molecule has 0 aromatic carbocycles. The predicted octanol–water partition coefficient (Wildman–Crippen LogP) is 1.80. The molecule has 21 heavy (non-hydrogen) atoms. The highest BCUT2D eigenvalue weighted by Gasteiger charge is 2.34. The zero-order chi connectivity index (χ0) is 15.0. The fourth-order valence-corrected chi connectivity index (χ4v) is 5.37. The van der Waals surface area contributed by atoms with Crippen LogP contribution in [0.5, 0.6) is 0 Å². The molecule has 2 fully saturated rings. The lowest BCUT2D eigenvalue weighted by Gasteiger charge is -2.35. The van der Waals surface area contributed by atoms with E-state index in [9.17, 15) is 8.42 Å². The van der Waals surface area contributed by atoms with Gasteiger partial charge in [0.2, 0.25) is 10.0 Å². The van der Waals surface area contributed by atoms with Gasteiger partial charge in [-0.1, -0.05) is 0 Å². The number of nitrogens with zero attached hydrogens (tertiary/aromatic N) is 1. The first-order valence-electron chi connectivity index (χ1n) is 7.41. The Balaban J connectivity index is 1.73. The highest BCUT2D eigenvalue weighted by molar-refractivity contribution is 7.89. The molecular weight excluding hydrogens is 308 g/mol. The molecule has 1 aromatic heterocycles. The topological polar surface area (TPSA) is 58.6 Å². The van der Waals surface area contributed by atoms with Gasteiger partial charge in [0.15, 0.2) is 0 Å². The van der Waals surface area contributed by atoms with Crippen molar-refractivity contribution >= 4 is 21.4 Å². The number of ether oxygens (including phenoxy) is 1. The van der Waals surface area contributed by atoms with Crippen LogP contribution < -0.4 is 5.32 Å². The molecule has 0 spiro atoms. The summed E-state index contributed by atoms with van der Waals surface area (Å²) in [5, 5.41) is 5.17. The first-order valence-corrected chi connectivity index (χ1v) is 9.73. The minimum atomic E-state index is -3.41. The van der Waals surface area contributed by atoms with Crippen molar-refractivity contribution in [2.24, 2.45) is 0 Å². The predicted molar refractivity (Wildman–Crippen MR) is 82.9 cm³/mol. The summed E-state index contributed by atoms with van der Waals surface area (Å²) in [4.78, 5) is 1.50. The van der Waals surface area contributed by atoms with Crippen molar-refractivity contribution in [1.29, 1.82) is 0 Å². The Bertz CT molecular complexity index is 595. The Morgan fingerprint density at radius 3 is 2.90 bits per heavy atom. The molecule has 1 aliphatic heterocycles. The Hall–Kier alpha value is -0.470. The van der Waals surface area contributed by atoms with Crippen molar-refractivity contribution in [2.75, 3.05) is 13.2 Å². The van der Waals surface area contributed by atoms with E-state index in [1.54, 1.807) is 9.69 Å². The van der Waals surface area contributed by atoms with E-state index in [1.165, 1.54) is 24.2 Å². The highest BCUT2D eigenvalue weighted by atomic mass is 32.2. The number of hydrogen-bond donors (Lipinski definition) is 1. The van der Waals surface area contributed by atoms with Crippen molar-refractivity contribution in [3.63, 3.8) is 0 Å². The number of morpholine rings is 1. The maximum absolute atomic E-state index is 12.8. The maximum atomic E-state index is 12.8. The molecule has 5 nitrogen and oxygen atoms in total. The van der Waals surface area contributed by atoms with Crippen molar-refractivity contribution in [3.8, 4) is 0 Å². The smallest absolute Gasteiger partial charge is 0.244 e. The third-order valence-corrected chi connectivity index (χ3v) is 6.97. The number of thiophene rings is 1. The van der Waals surface area contributed by atoms with E-state index in [1.807, 2.05) is 19.9 Å². The molecule has 1 aromatic rings. The standard InChI is InChI=1S/C14H22N2O3S2/c1-10-8-19-11(2)7-16(10)21(17,18)14-5-13(20-9-14)6-15-12-3-4-12/h5,9-12,15H,3-4,6-8H2,1-2H3. The molecule has 1 saturated carbocycles. The van der Waals surface area contributed by atoms with Gasteiger partial charge in [-0.05, 0) is 32.8 Å². The second kappa shape index (κ2) is 5.96.